The molecule has 0 spiro atoms. The predicted molar refractivity (Wildman–Crippen MR) is 233 cm³/mol. The van der Waals surface area contributed by atoms with E-state index < -0.39 is 30.1 Å². The van der Waals surface area contributed by atoms with Crippen molar-refractivity contribution in [1.29, 1.82) is 0 Å². The Morgan fingerprint density at radius 2 is 1.21 bits per heavy atom. The van der Waals surface area contributed by atoms with E-state index in [2.05, 4.69) is 31.9 Å². The van der Waals surface area contributed by atoms with E-state index in [0.717, 1.165) is 25.7 Å². The van der Waals surface area contributed by atoms with Crippen LogP contribution < -0.4 is 9.47 Å². The molecule has 58 heavy (non-hydrogen) atoms. The van der Waals surface area contributed by atoms with Crippen molar-refractivity contribution in [2.45, 2.75) is 66.6 Å². The topological polar surface area (TPSA) is 79.0 Å². The molecule has 2 aliphatic rings. The molecule has 1 aromatic heterocycles. The van der Waals surface area contributed by atoms with Crippen LogP contribution in [0.5, 0.6) is 11.5 Å². The summed E-state index contributed by atoms with van der Waals surface area (Å²) in [5.41, 5.74) is 4.55. The van der Waals surface area contributed by atoms with Crippen LogP contribution in [0, 0.1) is 6.92 Å². The third-order valence-corrected chi connectivity index (χ3v) is 11.2. The van der Waals surface area contributed by atoms with E-state index in [1.165, 1.54) is 0 Å². The number of carbonyl (C=O) groups is 2. The van der Waals surface area contributed by atoms with Gasteiger partial charge < -0.3 is 36.5 Å². The van der Waals surface area contributed by atoms with Crippen molar-refractivity contribution in [2.75, 3.05) is 13.2 Å². The monoisotopic (exact) mass is 916 g/mol. The highest BCUT2D eigenvalue weighted by Crippen LogP contribution is 2.49. The van der Waals surface area contributed by atoms with Gasteiger partial charge in [-0.15, -0.1) is 0 Å². The van der Waals surface area contributed by atoms with Crippen LogP contribution in [0.15, 0.2) is 105 Å². The molecular weight excluding hydrogens is 873 g/mol. The minimum Gasteiger partial charge on any atom is -0.482 e. The number of halogens is 4. The van der Waals surface area contributed by atoms with Crippen LogP contribution in [0.4, 0.5) is 8.63 Å². The molecule has 13 heteroatoms. The second kappa shape index (κ2) is 16.7. The number of rotatable bonds is 11. The molecule has 0 amide bonds. The Labute approximate surface area is 354 Å². The fraction of sp³-hybridized carbons (Fsp3) is 0.267. The van der Waals surface area contributed by atoms with Crippen molar-refractivity contribution in [3.8, 4) is 11.5 Å². The molecule has 0 atom stereocenters. The molecule has 0 saturated carbocycles. The molecular formula is C45H45BBr2F2N2O6. The zero-order valence-electron chi connectivity index (χ0n) is 33.7. The maximum absolute atomic E-state index is 17.6. The Morgan fingerprint density at radius 3 is 1.69 bits per heavy atom. The molecule has 0 unspecified atom stereocenters. The number of fused-ring (bicyclic) bond motifs is 2. The maximum Gasteiger partial charge on any atom is 0.737 e. The highest BCUT2D eigenvalue weighted by molar-refractivity contribution is 9.12. The number of esters is 2. The van der Waals surface area contributed by atoms with Gasteiger partial charge in [0.25, 0.3) is 0 Å². The number of benzene rings is 3. The van der Waals surface area contributed by atoms with Crippen LogP contribution in [0.2, 0.25) is 0 Å². The first kappa shape index (κ1) is 42.6. The van der Waals surface area contributed by atoms with Crippen LogP contribution in [0.1, 0.15) is 82.1 Å². The second-order valence-corrected chi connectivity index (χ2v) is 17.6. The third-order valence-electron chi connectivity index (χ3n) is 9.16. The molecule has 4 aromatic rings. The van der Waals surface area contributed by atoms with Crippen LogP contribution in [-0.2, 0) is 19.1 Å². The zero-order valence-corrected chi connectivity index (χ0v) is 36.8. The van der Waals surface area contributed by atoms with E-state index in [-0.39, 0.29) is 13.2 Å². The minimum atomic E-state index is -4.46. The second-order valence-electron chi connectivity index (χ2n) is 16.0. The summed E-state index contributed by atoms with van der Waals surface area (Å²) in [7, 11) is 0. The van der Waals surface area contributed by atoms with E-state index in [1.54, 1.807) is 114 Å². The van der Waals surface area contributed by atoms with Crippen LogP contribution >= 0.6 is 31.9 Å². The van der Waals surface area contributed by atoms with Gasteiger partial charge in [-0.1, -0.05) is 60.7 Å². The lowest BCUT2D eigenvalue weighted by Gasteiger charge is -2.34. The summed E-state index contributed by atoms with van der Waals surface area (Å²) in [5.74, 6) is -0.00992. The smallest absolute Gasteiger partial charge is 0.482 e. The molecule has 6 rings (SSSR count). The molecule has 0 aliphatic carbocycles. The molecule has 2 aliphatic heterocycles. The number of nitrogens with zero attached hydrogens (tertiary/aromatic N) is 2. The Balaban J connectivity index is 1.36. The SMILES string of the molecule is CC1=C(Br)C(/C=C/c2ccc(OCC(=O)OC(C)(C)C)cc2)=[N+]2C1=C(c1ccccc1)c1c(C)c(Br)c(/C=C/c3ccc(OCC(=O)OC(C)(C)C)cc3)n1[B-]2(F)F. The van der Waals surface area contributed by atoms with Gasteiger partial charge in [0.1, 0.15) is 22.7 Å². The van der Waals surface area contributed by atoms with Crippen LogP contribution in [0.3, 0.4) is 0 Å². The van der Waals surface area contributed by atoms with Crippen molar-refractivity contribution >= 4 is 80.3 Å². The van der Waals surface area contributed by atoms with Gasteiger partial charge in [0.05, 0.1) is 10.1 Å². The van der Waals surface area contributed by atoms with Crippen LogP contribution in [0.25, 0.3) is 23.8 Å². The fourth-order valence-electron chi connectivity index (χ4n) is 6.81. The predicted octanol–water partition coefficient (Wildman–Crippen LogP) is 11.0. The summed E-state index contributed by atoms with van der Waals surface area (Å²) < 4.78 is 60.5. The Morgan fingerprint density at radius 1 is 0.724 bits per heavy atom. The molecule has 0 N–H and O–H groups in total. The average Bonchev–Trinajstić information content (AvgIpc) is 3.56. The lowest BCUT2D eigenvalue weighted by Crippen LogP contribution is -2.51. The van der Waals surface area contributed by atoms with Crippen molar-refractivity contribution < 1.29 is 41.7 Å². The number of allylic oxidation sites excluding steroid dienone is 3. The highest BCUT2D eigenvalue weighted by Gasteiger charge is 2.57. The highest BCUT2D eigenvalue weighted by atomic mass is 79.9. The van der Waals surface area contributed by atoms with Crippen molar-refractivity contribution in [3.63, 3.8) is 0 Å². The van der Waals surface area contributed by atoms with E-state index in [9.17, 15) is 9.59 Å². The van der Waals surface area contributed by atoms with Gasteiger partial charge in [-0.2, -0.15) is 0 Å². The van der Waals surface area contributed by atoms with Crippen molar-refractivity contribution in [2.24, 2.45) is 0 Å². The number of aromatic nitrogens is 1. The summed E-state index contributed by atoms with van der Waals surface area (Å²) in [5, 5.41) is 0. The molecule has 0 saturated heterocycles. The Hall–Kier alpha value is -5.01. The number of carbonyl (C=O) groups excluding carboxylic acids is 2. The zero-order chi connectivity index (χ0) is 42.2. The minimum absolute atomic E-state index is 0.237. The largest absolute Gasteiger partial charge is 0.737 e. The lowest BCUT2D eigenvalue weighted by atomic mass is 9.83. The number of hydrogen-bond donors (Lipinski definition) is 0. The van der Waals surface area contributed by atoms with Gasteiger partial charge in [0.2, 0.25) is 0 Å². The number of hydrogen-bond acceptors (Lipinski definition) is 6. The van der Waals surface area contributed by atoms with E-state index in [0.29, 0.717) is 60.0 Å². The molecule has 3 aromatic carbocycles. The maximum atomic E-state index is 17.6. The molecule has 0 bridgehead atoms. The molecule has 8 nitrogen and oxygen atoms in total. The average molecular weight is 918 g/mol. The first-order chi connectivity index (χ1) is 27.2. The van der Waals surface area contributed by atoms with E-state index in [4.69, 9.17) is 18.9 Å². The van der Waals surface area contributed by atoms with Gasteiger partial charge in [-0.05, 0) is 146 Å². The van der Waals surface area contributed by atoms with Gasteiger partial charge >= 0.3 is 18.9 Å². The number of ether oxygens (including phenoxy) is 4. The fourth-order valence-corrected chi connectivity index (χ4v) is 7.83. The Kier molecular flexibility index (Phi) is 12.3. The van der Waals surface area contributed by atoms with Gasteiger partial charge in [0, 0.05) is 27.5 Å². The molecule has 0 fully saturated rings. The third kappa shape index (κ3) is 9.31. The van der Waals surface area contributed by atoms with Crippen molar-refractivity contribution in [1.82, 2.24) is 4.48 Å². The van der Waals surface area contributed by atoms with Gasteiger partial charge in [-0.3, -0.25) is 0 Å². The summed E-state index contributed by atoms with van der Waals surface area (Å²) in [4.78, 5) is 24.2. The quantitative estimate of drug-likeness (QED) is 0.110. The van der Waals surface area contributed by atoms with Gasteiger partial charge in [0.15, 0.2) is 24.6 Å². The van der Waals surface area contributed by atoms with E-state index in [1.807, 2.05) is 44.2 Å². The van der Waals surface area contributed by atoms with Crippen molar-refractivity contribution in [3.05, 3.63) is 139 Å². The summed E-state index contributed by atoms with van der Waals surface area (Å²) in [6, 6.07) is 23.6. The molecule has 0 radical (unpaired) electrons. The standard InChI is InChI=1S/C45H45BBr2F2N2O6/c1-28-40(47)35(24-18-30-14-20-33(21-15-30)55-26-37(53)57-44(3,4)5)51-42(28)39(32-12-10-9-11-13-32)43-29(2)41(48)36(52(43)46(51,49)50)25-19-31-16-22-34(23-17-31)56-27-38(54)58-45(6,7)8/h9-25H,26-27H2,1-8H3/b24-18+,25-19+. The summed E-state index contributed by atoms with van der Waals surface area (Å²) in [6.45, 7) is 9.49. The first-order valence-electron chi connectivity index (χ1n) is 18.8. The van der Waals surface area contributed by atoms with E-state index >= 15 is 8.63 Å². The van der Waals surface area contributed by atoms with Crippen LogP contribution in [-0.4, -0.2) is 58.0 Å². The Bertz CT molecular complexity index is 2400. The van der Waals surface area contributed by atoms with Gasteiger partial charge in [-0.25, -0.2) is 9.59 Å². The lowest BCUT2D eigenvalue weighted by molar-refractivity contribution is -0.362. The summed E-state index contributed by atoms with van der Waals surface area (Å²) in [6.07, 6.45) is 6.92. The first-order valence-corrected chi connectivity index (χ1v) is 20.4. The summed E-state index contributed by atoms with van der Waals surface area (Å²) >= 11 is 7.39. The normalized spacial score (nSPS) is 15.3. The molecule has 302 valence electrons. The molecule has 3 heterocycles.